The molecule has 0 amide bonds. The molecule has 2 heterocycles. The Labute approximate surface area is 98.2 Å². The maximum absolute atomic E-state index is 13.8. The van der Waals surface area contributed by atoms with E-state index in [-0.39, 0.29) is 0 Å². The minimum absolute atomic E-state index is 0.456. The van der Waals surface area contributed by atoms with Crippen molar-refractivity contribution in [3.63, 3.8) is 0 Å². The molecular formula is C13H14F2N2. The average Bonchev–Trinajstić information content (AvgIpc) is 2.52. The molecule has 1 aromatic carbocycles. The van der Waals surface area contributed by atoms with E-state index < -0.39 is 11.6 Å². The lowest BCUT2D eigenvalue weighted by atomic mass is 10.1. The van der Waals surface area contributed by atoms with Gasteiger partial charge in [-0.2, -0.15) is 0 Å². The van der Waals surface area contributed by atoms with E-state index in [1.165, 1.54) is 6.07 Å². The number of likely N-dealkylation sites (N-methyl/N-ethyl adjacent to an activating group) is 1. The molecule has 0 bridgehead atoms. The van der Waals surface area contributed by atoms with Crippen LogP contribution in [-0.4, -0.2) is 30.0 Å². The fourth-order valence-corrected chi connectivity index (χ4v) is 2.57. The van der Waals surface area contributed by atoms with Crippen molar-refractivity contribution in [3.8, 4) is 0 Å². The average molecular weight is 236 g/mol. The fraction of sp³-hybridized carbons (Fsp3) is 0.385. The van der Waals surface area contributed by atoms with Gasteiger partial charge >= 0.3 is 0 Å². The number of aromatic nitrogens is 1. The third-order valence-corrected chi connectivity index (χ3v) is 3.49. The van der Waals surface area contributed by atoms with E-state index in [0.29, 0.717) is 10.9 Å². The van der Waals surface area contributed by atoms with E-state index in [0.717, 1.165) is 43.3 Å². The summed E-state index contributed by atoms with van der Waals surface area (Å²) < 4.78 is 27.0. The molecule has 1 N–H and O–H groups in total. The van der Waals surface area contributed by atoms with Crippen molar-refractivity contribution >= 4 is 10.9 Å². The second-order valence-corrected chi connectivity index (χ2v) is 4.70. The number of aromatic amines is 1. The van der Waals surface area contributed by atoms with Crippen LogP contribution >= 0.6 is 0 Å². The van der Waals surface area contributed by atoms with Crippen molar-refractivity contribution in [2.45, 2.75) is 12.8 Å². The first-order valence-corrected chi connectivity index (χ1v) is 5.82. The maximum Gasteiger partial charge on any atom is 0.135 e. The zero-order chi connectivity index (χ0) is 12.0. The van der Waals surface area contributed by atoms with Crippen LogP contribution in [0.1, 0.15) is 11.3 Å². The smallest absolute Gasteiger partial charge is 0.135 e. The lowest BCUT2D eigenvalue weighted by Gasteiger charge is -2.11. The van der Waals surface area contributed by atoms with Crippen LogP contribution < -0.4 is 0 Å². The van der Waals surface area contributed by atoms with Gasteiger partial charge in [-0.25, -0.2) is 8.78 Å². The first-order valence-electron chi connectivity index (χ1n) is 5.82. The molecule has 0 spiro atoms. The molecule has 90 valence electrons. The molecule has 0 radical (unpaired) electrons. The van der Waals surface area contributed by atoms with Crippen molar-refractivity contribution < 1.29 is 8.78 Å². The second kappa shape index (κ2) is 3.81. The summed E-state index contributed by atoms with van der Waals surface area (Å²) in [6.07, 6.45) is 1.68. The van der Waals surface area contributed by atoms with Gasteiger partial charge in [-0.3, -0.25) is 0 Å². The normalized spacial score (nSPS) is 17.1. The van der Waals surface area contributed by atoms with Crippen LogP contribution in [0.15, 0.2) is 12.1 Å². The van der Waals surface area contributed by atoms with Gasteiger partial charge in [-0.15, -0.1) is 0 Å². The summed E-state index contributed by atoms with van der Waals surface area (Å²) in [5.41, 5.74) is 2.65. The summed E-state index contributed by atoms with van der Waals surface area (Å²) in [6.45, 7) is 1.86. The van der Waals surface area contributed by atoms with Crippen molar-refractivity contribution in [3.05, 3.63) is 35.0 Å². The molecule has 2 nitrogen and oxygen atoms in total. The Morgan fingerprint density at radius 2 is 1.94 bits per heavy atom. The van der Waals surface area contributed by atoms with E-state index in [2.05, 4.69) is 16.9 Å². The highest BCUT2D eigenvalue weighted by Gasteiger charge is 2.19. The number of hydrogen-bond acceptors (Lipinski definition) is 1. The van der Waals surface area contributed by atoms with Crippen molar-refractivity contribution in [2.75, 3.05) is 20.1 Å². The monoisotopic (exact) mass is 236 g/mol. The van der Waals surface area contributed by atoms with E-state index in [1.807, 2.05) is 0 Å². The van der Waals surface area contributed by atoms with Gasteiger partial charge in [0.1, 0.15) is 11.6 Å². The van der Waals surface area contributed by atoms with Gasteiger partial charge in [0.05, 0.1) is 5.52 Å². The number of halogens is 2. The van der Waals surface area contributed by atoms with Crippen LogP contribution in [0.2, 0.25) is 0 Å². The largest absolute Gasteiger partial charge is 0.358 e. The zero-order valence-corrected chi connectivity index (χ0v) is 9.69. The Balaban J connectivity index is 2.21. The highest BCUT2D eigenvalue weighted by molar-refractivity contribution is 5.85. The quantitative estimate of drug-likeness (QED) is 0.744. The molecule has 0 unspecified atom stereocenters. The van der Waals surface area contributed by atoms with Crippen molar-refractivity contribution in [2.24, 2.45) is 0 Å². The third kappa shape index (κ3) is 1.72. The molecular weight excluding hydrogens is 222 g/mol. The number of benzene rings is 1. The molecule has 17 heavy (non-hydrogen) atoms. The summed E-state index contributed by atoms with van der Waals surface area (Å²) in [7, 11) is 2.06. The topological polar surface area (TPSA) is 19.0 Å². The Morgan fingerprint density at radius 1 is 1.18 bits per heavy atom. The lowest BCUT2D eigenvalue weighted by molar-refractivity contribution is 0.352. The molecule has 4 heteroatoms. The predicted molar refractivity (Wildman–Crippen MR) is 63.1 cm³/mol. The number of nitrogens with one attached hydrogen (secondary N) is 1. The van der Waals surface area contributed by atoms with Gasteiger partial charge in [0.25, 0.3) is 0 Å². The Hall–Kier alpha value is -1.42. The number of nitrogens with zero attached hydrogens (tertiary/aromatic N) is 1. The van der Waals surface area contributed by atoms with Crippen molar-refractivity contribution in [1.82, 2.24) is 9.88 Å². The van der Waals surface area contributed by atoms with Gasteiger partial charge in [-0.1, -0.05) is 0 Å². The minimum Gasteiger partial charge on any atom is -0.358 e. The summed E-state index contributed by atoms with van der Waals surface area (Å²) in [6, 6.07) is 2.34. The first kappa shape index (κ1) is 10.7. The summed E-state index contributed by atoms with van der Waals surface area (Å²) in [5, 5.41) is 0.566. The molecule has 0 fully saturated rings. The van der Waals surface area contributed by atoms with Gasteiger partial charge in [0, 0.05) is 36.7 Å². The third-order valence-electron chi connectivity index (χ3n) is 3.49. The molecule has 1 aliphatic rings. The second-order valence-electron chi connectivity index (χ2n) is 4.70. The van der Waals surface area contributed by atoms with Crippen LogP contribution in [-0.2, 0) is 12.8 Å². The number of fused-ring (bicyclic) bond motifs is 3. The highest BCUT2D eigenvalue weighted by Crippen LogP contribution is 2.28. The predicted octanol–water partition coefficient (Wildman–Crippen LogP) is 2.48. The standard InChI is InChI=1S/C13H14F2N2/c1-17-4-2-9-11(3-5-17)16-12-7-8(14)6-10(15)13(9)12/h6-7,16H,2-5H2,1H3. The molecule has 1 aromatic heterocycles. The van der Waals surface area contributed by atoms with E-state index in [9.17, 15) is 8.78 Å². The Bertz CT molecular complexity index is 574. The Morgan fingerprint density at radius 3 is 2.76 bits per heavy atom. The van der Waals surface area contributed by atoms with Crippen LogP contribution in [0.25, 0.3) is 10.9 Å². The maximum atomic E-state index is 13.8. The fourth-order valence-electron chi connectivity index (χ4n) is 2.57. The SMILES string of the molecule is CN1CCc2[nH]c3cc(F)cc(F)c3c2CC1. The molecule has 2 aromatic rings. The lowest BCUT2D eigenvalue weighted by Crippen LogP contribution is -2.21. The molecule has 0 saturated carbocycles. The van der Waals surface area contributed by atoms with E-state index in [4.69, 9.17) is 0 Å². The molecule has 3 rings (SSSR count). The van der Waals surface area contributed by atoms with Crippen LogP contribution in [0.5, 0.6) is 0 Å². The van der Waals surface area contributed by atoms with E-state index >= 15 is 0 Å². The van der Waals surface area contributed by atoms with Gasteiger partial charge in [0.2, 0.25) is 0 Å². The molecule has 0 aliphatic carbocycles. The molecule has 0 saturated heterocycles. The minimum atomic E-state index is -0.525. The van der Waals surface area contributed by atoms with Gasteiger partial charge in [-0.05, 0) is 25.1 Å². The number of rotatable bonds is 0. The van der Waals surface area contributed by atoms with Crippen LogP contribution in [0.4, 0.5) is 8.78 Å². The van der Waals surface area contributed by atoms with Gasteiger partial charge < -0.3 is 9.88 Å². The number of hydrogen-bond donors (Lipinski definition) is 1. The molecule has 1 aliphatic heterocycles. The summed E-state index contributed by atoms with van der Waals surface area (Å²) >= 11 is 0. The summed E-state index contributed by atoms with van der Waals surface area (Å²) in [5.74, 6) is -0.981. The Kier molecular flexibility index (Phi) is 2.40. The first-order chi connectivity index (χ1) is 8.15. The van der Waals surface area contributed by atoms with E-state index in [1.54, 1.807) is 0 Å². The summed E-state index contributed by atoms with van der Waals surface area (Å²) in [4.78, 5) is 5.37. The number of H-pyrrole nitrogens is 1. The zero-order valence-electron chi connectivity index (χ0n) is 9.69. The van der Waals surface area contributed by atoms with Crippen LogP contribution in [0, 0.1) is 11.6 Å². The molecule has 0 atom stereocenters. The van der Waals surface area contributed by atoms with Gasteiger partial charge in [0.15, 0.2) is 0 Å². The van der Waals surface area contributed by atoms with Crippen LogP contribution in [0.3, 0.4) is 0 Å². The van der Waals surface area contributed by atoms with Crippen molar-refractivity contribution in [1.29, 1.82) is 0 Å². The highest BCUT2D eigenvalue weighted by atomic mass is 19.1.